The van der Waals surface area contributed by atoms with E-state index in [4.69, 9.17) is 4.74 Å². The second-order valence-electron chi connectivity index (χ2n) is 6.53. The monoisotopic (exact) mass is 354 g/mol. The quantitative estimate of drug-likeness (QED) is 0.760. The van der Waals surface area contributed by atoms with Gasteiger partial charge in [-0.05, 0) is 42.2 Å². The predicted molar refractivity (Wildman–Crippen MR) is 104 cm³/mol. The van der Waals surface area contributed by atoms with E-state index in [2.05, 4.69) is 24.5 Å². The summed E-state index contributed by atoms with van der Waals surface area (Å²) in [5.74, 6) is 0.775. The van der Waals surface area contributed by atoms with Gasteiger partial charge in [0.1, 0.15) is 5.75 Å². The number of aryl methyl sites for hydroxylation is 1. The molecule has 0 atom stereocenters. The van der Waals surface area contributed by atoms with Gasteiger partial charge in [0.05, 0.1) is 12.2 Å². The molecule has 26 heavy (non-hydrogen) atoms. The van der Waals surface area contributed by atoms with Gasteiger partial charge in [-0.1, -0.05) is 38.1 Å². The molecule has 0 radical (unpaired) electrons. The van der Waals surface area contributed by atoms with Crippen LogP contribution < -0.4 is 15.4 Å². The van der Waals surface area contributed by atoms with Crippen molar-refractivity contribution in [3.05, 3.63) is 59.7 Å². The summed E-state index contributed by atoms with van der Waals surface area (Å²) in [4.78, 5) is 23.9. The molecular weight excluding hydrogens is 328 g/mol. The van der Waals surface area contributed by atoms with Crippen LogP contribution in [0.15, 0.2) is 48.5 Å². The van der Waals surface area contributed by atoms with Crippen molar-refractivity contribution in [2.45, 2.75) is 26.7 Å². The van der Waals surface area contributed by atoms with Gasteiger partial charge in [-0.3, -0.25) is 9.59 Å². The fourth-order valence-electron chi connectivity index (χ4n) is 2.37. The van der Waals surface area contributed by atoms with Crippen LogP contribution in [0, 0.1) is 5.92 Å². The second-order valence-corrected chi connectivity index (χ2v) is 6.53. The van der Waals surface area contributed by atoms with Gasteiger partial charge in [0.2, 0.25) is 5.91 Å². The molecule has 0 saturated heterocycles. The Morgan fingerprint density at radius 1 is 1.04 bits per heavy atom. The van der Waals surface area contributed by atoms with Crippen LogP contribution in [0.4, 0.5) is 5.69 Å². The van der Waals surface area contributed by atoms with Crippen LogP contribution in [0.2, 0.25) is 0 Å². The van der Waals surface area contributed by atoms with Crippen LogP contribution in [0.3, 0.4) is 0 Å². The Morgan fingerprint density at radius 2 is 1.73 bits per heavy atom. The molecule has 2 rings (SSSR count). The van der Waals surface area contributed by atoms with E-state index in [1.165, 1.54) is 0 Å². The predicted octanol–water partition coefficient (Wildman–Crippen LogP) is 3.65. The summed E-state index contributed by atoms with van der Waals surface area (Å²) in [6.45, 7) is 4.69. The third-order valence-electron chi connectivity index (χ3n) is 3.84. The molecule has 2 N–H and O–H groups in total. The zero-order valence-electron chi connectivity index (χ0n) is 15.5. The number of amides is 2. The summed E-state index contributed by atoms with van der Waals surface area (Å²) < 4.78 is 5.74. The lowest BCUT2D eigenvalue weighted by atomic mass is 10.1. The van der Waals surface area contributed by atoms with Crippen molar-refractivity contribution in [3.8, 4) is 5.75 Å². The number of carbonyl (C=O) groups excluding carboxylic acids is 2. The summed E-state index contributed by atoms with van der Waals surface area (Å²) in [6.07, 6.45) is 1.11. The van der Waals surface area contributed by atoms with Crippen molar-refractivity contribution in [1.82, 2.24) is 5.32 Å². The van der Waals surface area contributed by atoms with E-state index in [1.54, 1.807) is 19.2 Å². The maximum Gasteiger partial charge on any atom is 0.259 e. The first-order valence-electron chi connectivity index (χ1n) is 8.82. The van der Waals surface area contributed by atoms with Crippen LogP contribution in [-0.2, 0) is 11.2 Å². The molecule has 2 aromatic rings. The van der Waals surface area contributed by atoms with E-state index in [9.17, 15) is 9.59 Å². The van der Waals surface area contributed by atoms with Gasteiger partial charge in [0.25, 0.3) is 5.91 Å². The number of rotatable bonds is 8. The fourth-order valence-corrected chi connectivity index (χ4v) is 2.37. The Hall–Kier alpha value is -2.82. The van der Waals surface area contributed by atoms with Crippen molar-refractivity contribution in [1.29, 1.82) is 0 Å². The van der Waals surface area contributed by atoms with E-state index in [0.29, 0.717) is 42.4 Å². The molecule has 0 saturated carbocycles. The van der Waals surface area contributed by atoms with Gasteiger partial charge in [-0.15, -0.1) is 0 Å². The fraction of sp³-hybridized carbons (Fsp3) is 0.333. The van der Waals surface area contributed by atoms with Gasteiger partial charge < -0.3 is 15.4 Å². The Kier molecular flexibility index (Phi) is 7.21. The molecule has 0 spiro atoms. The highest BCUT2D eigenvalue weighted by molar-refractivity contribution is 6.06. The lowest BCUT2D eigenvalue weighted by Gasteiger charge is -2.13. The van der Waals surface area contributed by atoms with Crippen LogP contribution in [0.5, 0.6) is 5.75 Å². The normalized spacial score (nSPS) is 10.5. The molecule has 5 heteroatoms. The summed E-state index contributed by atoms with van der Waals surface area (Å²) in [7, 11) is 1.63. The number of nitrogens with one attached hydrogen (secondary N) is 2. The summed E-state index contributed by atoms with van der Waals surface area (Å²) in [5.41, 5.74) is 2.27. The number of carbonyl (C=O) groups is 2. The van der Waals surface area contributed by atoms with Gasteiger partial charge >= 0.3 is 0 Å². The Morgan fingerprint density at radius 3 is 2.38 bits per heavy atom. The van der Waals surface area contributed by atoms with Gasteiger partial charge in [-0.2, -0.15) is 0 Å². The molecule has 0 aliphatic carbocycles. The SMILES string of the molecule is CNC(=O)CCc1ccc(NC(=O)c2ccccc2OCC(C)C)cc1. The first-order chi connectivity index (χ1) is 12.5. The Balaban J connectivity index is 2.00. The van der Waals surface area contributed by atoms with E-state index in [-0.39, 0.29) is 11.8 Å². The van der Waals surface area contributed by atoms with Gasteiger partial charge in [0.15, 0.2) is 0 Å². The summed E-state index contributed by atoms with van der Waals surface area (Å²) in [5, 5.41) is 5.50. The summed E-state index contributed by atoms with van der Waals surface area (Å²) >= 11 is 0. The lowest BCUT2D eigenvalue weighted by Crippen LogP contribution is -2.18. The van der Waals surface area contributed by atoms with Crippen molar-refractivity contribution < 1.29 is 14.3 Å². The molecule has 0 fully saturated rings. The number of hydrogen-bond donors (Lipinski definition) is 2. The molecule has 0 bridgehead atoms. The highest BCUT2D eigenvalue weighted by Crippen LogP contribution is 2.21. The number of para-hydroxylation sites is 1. The van der Waals surface area contributed by atoms with E-state index >= 15 is 0 Å². The Labute approximate surface area is 154 Å². The topological polar surface area (TPSA) is 67.4 Å². The van der Waals surface area contributed by atoms with E-state index in [1.807, 2.05) is 36.4 Å². The first-order valence-corrected chi connectivity index (χ1v) is 8.82. The number of ether oxygens (including phenoxy) is 1. The molecule has 2 amide bonds. The van der Waals surface area contributed by atoms with E-state index in [0.717, 1.165) is 5.56 Å². The van der Waals surface area contributed by atoms with E-state index < -0.39 is 0 Å². The zero-order valence-corrected chi connectivity index (χ0v) is 15.5. The third kappa shape index (κ3) is 5.92. The minimum Gasteiger partial charge on any atom is -0.492 e. The lowest BCUT2D eigenvalue weighted by molar-refractivity contribution is -0.120. The molecule has 0 heterocycles. The molecular formula is C21H26N2O3. The second kappa shape index (κ2) is 9.61. The first kappa shape index (κ1) is 19.5. The molecule has 5 nitrogen and oxygen atoms in total. The largest absolute Gasteiger partial charge is 0.492 e. The minimum absolute atomic E-state index is 0.0142. The highest BCUT2D eigenvalue weighted by Gasteiger charge is 2.13. The van der Waals surface area contributed by atoms with Crippen molar-refractivity contribution in [2.75, 3.05) is 19.0 Å². The maximum absolute atomic E-state index is 12.6. The number of benzene rings is 2. The van der Waals surface area contributed by atoms with Crippen molar-refractivity contribution in [3.63, 3.8) is 0 Å². The number of anilines is 1. The third-order valence-corrected chi connectivity index (χ3v) is 3.84. The molecule has 0 aliphatic rings. The van der Waals surface area contributed by atoms with Crippen LogP contribution >= 0.6 is 0 Å². The minimum atomic E-state index is -0.206. The smallest absolute Gasteiger partial charge is 0.259 e. The number of hydrogen-bond acceptors (Lipinski definition) is 3. The van der Waals surface area contributed by atoms with Crippen LogP contribution in [0.25, 0.3) is 0 Å². The van der Waals surface area contributed by atoms with Gasteiger partial charge in [-0.25, -0.2) is 0 Å². The van der Waals surface area contributed by atoms with Crippen molar-refractivity contribution in [2.24, 2.45) is 5.92 Å². The molecule has 0 aromatic heterocycles. The Bertz CT molecular complexity index is 739. The van der Waals surface area contributed by atoms with Crippen molar-refractivity contribution >= 4 is 17.5 Å². The molecule has 0 unspecified atom stereocenters. The highest BCUT2D eigenvalue weighted by atomic mass is 16.5. The standard InChI is InChI=1S/C21H26N2O3/c1-15(2)14-26-19-7-5-4-6-18(19)21(25)23-17-11-8-16(9-12-17)10-13-20(24)22-3/h4-9,11-12,15H,10,13-14H2,1-3H3,(H,22,24)(H,23,25). The average Bonchev–Trinajstić information content (AvgIpc) is 2.65. The molecule has 0 aliphatic heterocycles. The molecule has 2 aromatic carbocycles. The van der Waals surface area contributed by atoms with Gasteiger partial charge in [0, 0.05) is 19.2 Å². The van der Waals surface area contributed by atoms with Crippen LogP contribution in [-0.4, -0.2) is 25.5 Å². The maximum atomic E-state index is 12.6. The van der Waals surface area contributed by atoms with Crippen LogP contribution in [0.1, 0.15) is 36.2 Å². The zero-order chi connectivity index (χ0) is 18.9. The average molecular weight is 354 g/mol. The summed E-state index contributed by atoms with van der Waals surface area (Å²) in [6, 6.07) is 14.7. The molecule has 138 valence electrons.